The second-order valence-corrected chi connectivity index (χ2v) is 0.250. The molecule has 51 valence electrons. The van der Waals surface area contributed by atoms with Gasteiger partial charge < -0.3 is 26.0 Å². The molecule has 0 aromatic heterocycles. The fraction of sp³-hybridized carbons (Fsp3) is 0. The Kier molecular flexibility index (Phi) is 73.4. The van der Waals surface area contributed by atoms with Crippen molar-refractivity contribution in [3.8, 4) is 0 Å². The molecule has 5 nitrogen and oxygen atoms in total. The molecule has 0 atom stereocenters. The van der Waals surface area contributed by atoms with Crippen LogP contribution < -0.4 is 10.2 Å². The van der Waals surface area contributed by atoms with E-state index in [0.717, 1.165) is 0 Å². The smallest absolute Gasteiger partial charge is 0 e. The molecular weight excluding hydrogens is 156 g/mol. The molecule has 3 N–H and O–H groups in total. The van der Waals surface area contributed by atoms with Gasteiger partial charge in [-0.25, -0.2) is 0 Å². The summed E-state index contributed by atoms with van der Waals surface area (Å²) in [5.41, 5.74) is 0. The van der Waals surface area contributed by atoms with Crippen LogP contribution in [0, 0.1) is 0 Å². The minimum Gasteiger partial charge on any atom is -0.870 e. The summed E-state index contributed by atoms with van der Waals surface area (Å²) in [6.07, 6.45) is -2.33. The van der Waals surface area contributed by atoms with Crippen LogP contribution in [0.1, 0.15) is 0 Å². The molecule has 0 spiro atoms. The van der Waals surface area contributed by atoms with Gasteiger partial charge in [-0.2, -0.15) is 0 Å². The molecule has 0 bridgehead atoms. The van der Waals surface area contributed by atoms with Crippen LogP contribution in [0.4, 0.5) is 4.79 Å². The summed E-state index contributed by atoms with van der Waals surface area (Å²) in [4.78, 5) is 8.33. The molecule has 0 saturated carbocycles. The molecule has 0 amide bonds. The average Bonchev–Trinajstić information content (AvgIpc) is 0.811. The Hall–Kier alpha value is -0.291. The largest absolute Gasteiger partial charge is 0.870 e. The number of rotatable bonds is 0. The Balaban J connectivity index is -0.0000000150. The van der Waals surface area contributed by atoms with Crippen molar-refractivity contribution in [2.24, 2.45) is 0 Å². The van der Waals surface area contributed by atoms with Crippen molar-refractivity contribution in [3.05, 3.63) is 0 Å². The van der Waals surface area contributed by atoms with Gasteiger partial charge in [0.15, 0.2) is 0 Å². The first-order chi connectivity index (χ1) is 1.73. The molecule has 0 aromatic rings. The van der Waals surface area contributed by atoms with E-state index in [9.17, 15) is 0 Å². The monoisotopic (exact) mass is 158 g/mol. The fourth-order valence-corrected chi connectivity index (χ4v) is 0. The third-order valence-corrected chi connectivity index (χ3v) is 0. The Bertz CT molecular complexity index is 31.1. The van der Waals surface area contributed by atoms with E-state index in [4.69, 9.17) is 15.0 Å². The van der Waals surface area contributed by atoms with Gasteiger partial charge in [-0.3, -0.25) is 0 Å². The van der Waals surface area contributed by atoms with Crippen LogP contribution in [0.15, 0.2) is 0 Å². The maximum absolute atomic E-state index is 8.33. The standard InChI is InChI=1S/CH2O3.Cu.2H2O/c2-1(3)4;;;/h(H2,2,3,4);;2*1H2/p-3. The minimum atomic E-state index is -2.33. The first-order valence-corrected chi connectivity index (χ1v) is 0.612. The zero-order valence-corrected chi connectivity index (χ0v) is 3.92. The number of hydrogen-bond donors (Lipinski definition) is 0. The summed E-state index contributed by atoms with van der Waals surface area (Å²) >= 11 is 0. The van der Waals surface area contributed by atoms with Crippen LogP contribution in [0.3, 0.4) is 0 Å². The van der Waals surface area contributed by atoms with Crippen molar-refractivity contribution in [3.63, 3.8) is 0 Å². The van der Waals surface area contributed by atoms with E-state index in [1.807, 2.05) is 0 Å². The topological polar surface area (TPSA) is 125 Å². The molecule has 0 fully saturated rings. The zero-order valence-electron chi connectivity index (χ0n) is 2.97. The van der Waals surface area contributed by atoms with E-state index >= 15 is 0 Å². The Morgan fingerprint density at radius 2 is 1.29 bits per heavy atom. The molecule has 7 heavy (non-hydrogen) atoms. The van der Waals surface area contributed by atoms with E-state index < -0.39 is 6.16 Å². The molecule has 1 radical (unpaired) electrons. The predicted molar refractivity (Wildman–Crippen MR) is 10.9 cm³/mol. The molecule has 0 aliphatic rings. The van der Waals surface area contributed by atoms with Gasteiger partial charge >= 0.3 is 0 Å². The quantitative estimate of drug-likeness (QED) is 0.340. The van der Waals surface area contributed by atoms with E-state index in [-0.39, 0.29) is 28.0 Å². The average molecular weight is 159 g/mol. The third-order valence-electron chi connectivity index (χ3n) is 0. The molecule has 0 rings (SSSR count). The maximum Gasteiger partial charge on any atom is 0 e. The Morgan fingerprint density at radius 1 is 1.29 bits per heavy atom. The van der Waals surface area contributed by atoms with Gasteiger partial charge in [0.1, 0.15) is 0 Å². The van der Waals surface area contributed by atoms with Gasteiger partial charge in [0, 0.05) is 17.1 Å². The van der Waals surface area contributed by atoms with Gasteiger partial charge in [-0.05, 0) is 6.16 Å². The first kappa shape index (κ1) is 29.8. The molecule has 6 heteroatoms. The van der Waals surface area contributed by atoms with Crippen LogP contribution >= 0.6 is 0 Å². The van der Waals surface area contributed by atoms with E-state index in [1.165, 1.54) is 0 Å². The molecule has 0 unspecified atom stereocenters. The zero-order chi connectivity index (χ0) is 3.58. The Morgan fingerprint density at radius 3 is 1.29 bits per heavy atom. The van der Waals surface area contributed by atoms with Crippen molar-refractivity contribution in [2.45, 2.75) is 0 Å². The summed E-state index contributed by atoms with van der Waals surface area (Å²) in [6, 6.07) is 0. The second-order valence-electron chi connectivity index (χ2n) is 0.250. The van der Waals surface area contributed by atoms with Gasteiger partial charge in [0.25, 0.3) is 0 Å². The van der Waals surface area contributed by atoms with Crippen LogP contribution in [0.25, 0.3) is 0 Å². The van der Waals surface area contributed by atoms with Gasteiger partial charge in [-0.1, -0.05) is 0 Å². The number of hydrogen-bond acceptors (Lipinski definition) is 4. The van der Waals surface area contributed by atoms with Crippen molar-refractivity contribution in [2.75, 3.05) is 0 Å². The molecule has 0 heterocycles. The molecule has 0 aliphatic heterocycles. The number of carbonyl (C=O) groups excluding carboxylic acids is 1. The molecule has 0 aromatic carbocycles. The van der Waals surface area contributed by atoms with E-state index in [0.29, 0.717) is 0 Å². The van der Waals surface area contributed by atoms with Crippen molar-refractivity contribution < 1.29 is 43.0 Å². The van der Waals surface area contributed by atoms with E-state index in [1.54, 1.807) is 0 Å². The van der Waals surface area contributed by atoms with Crippen molar-refractivity contribution in [1.29, 1.82) is 0 Å². The normalized spacial score (nSPS) is 3.43. The first-order valence-electron chi connectivity index (χ1n) is 0.612. The maximum atomic E-state index is 8.33. The summed E-state index contributed by atoms with van der Waals surface area (Å²) in [5.74, 6) is 0. The fourth-order valence-electron chi connectivity index (χ4n) is 0. The van der Waals surface area contributed by atoms with Crippen molar-refractivity contribution in [1.82, 2.24) is 0 Å². The van der Waals surface area contributed by atoms with Gasteiger partial charge in [0.05, 0.1) is 0 Å². The summed E-state index contributed by atoms with van der Waals surface area (Å²) in [6.45, 7) is 0. The molecular formula is CH3CuO5-3. The van der Waals surface area contributed by atoms with Crippen molar-refractivity contribution >= 4 is 6.16 Å². The van der Waals surface area contributed by atoms with Crippen LogP contribution in [0.2, 0.25) is 0 Å². The number of carboxylic acid groups (broad SMARTS) is 2. The number of carbonyl (C=O) groups is 1. The second kappa shape index (κ2) is 17.2. The van der Waals surface area contributed by atoms with Gasteiger partial charge in [0.2, 0.25) is 0 Å². The van der Waals surface area contributed by atoms with Gasteiger partial charge in [-0.15, -0.1) is 0 Å². The van der Waals surface area contributed by atoms with Crippen LogP contribution in [-0.2, 0) is 17.1 Å². The van der Waals surface area contributed by atoms with E-state index in [2.05, 4.69) is 0 Å². The SMILES string of the molecule is O.O=C([O-])[O-].[Cu].[OH-]. The summed E-state index contributed by atoms with van der Waals surface area (Å²) in [5, 5.41) is 16.7. The summed E-state index contributed by atoms with van der Waals surface area (Å²) in [7, 11) is 0. The Labute approximate surface area is 50.0 Å². The third kappa shape index (κ3) is 931. The summed E-state index contributed by atoms with van der Waals surface area (Å²) < 4.78 is 0. The van der Waals surface area contributed by atoms with Crippen LogP contribution in [0.5, 0.6) is 0 Å². The molecule has 0 aliphatic carbocycles. The minimum absolute atomic E-state index is 0. The molecule has 0 saturated heterocycles. The van der Waals surface area contributed by atoms with Crippen LogP contribution in [-0.4, -0.2) is 17.1 Å². The predicted octanol–water partition coefficient (Wildman–Crippen LogP) is -3.45.